The average Bonchev–Trinajstić information content (AvgIpc) is 2.40. The molecule has 0 bridgehead atoms. The van der Waals surface area contributed by atoms with Gasteiger partial charge in [0.25, 0.3) is 0 Å². The standard InChI is InChI=1S/C17H19N/c1-12-5-7-13(8-6-12)15-10-9-14-3-2-4-17(18)16(14)11-15/h5-11,17H,2-4,18H2,1H3. The van der Waals surface area contributed by atoms with Crippen LogP contribution in [0.25, 0.3) is 11.1 Å². The van der Waals surface area contributed by atoms with Gasteiger partial charge in [-0.15, -0.1) is 0 Å². The number of fused-ring (bicyclic) bond motifs is 1. The summed E-state index contributed by atoms with van der Waals surface area (Å²) in [6.07, 6.45) is 3.51. The van der Waals surface area contributed by atoms with Gasteiger partial charge in [0.15, 0.2) is 0 Å². The molecule has 1 unspecified atom stereocenters. The third-order valence-electron chi connectivity index (χ3n) is 3.89. The second-order valence-electron chi connectivity index (χ2n) is 5.28. The summed E-state index contributed by atoms with van der Waals surface area (Å²) in [6.45, 7) is 2.12. The maximum absolute atomic E-state index is 6.22. The first kappa shape index (κ1) is 11.5. The van der Waals surface area contributed by atoms with Crippen LogP contribution in [0, 0.1) is 6.92 Å². The van der Waals surface area contributed by atoms with Crippen LogP contribution in [0.2, 0.25) is 0 Å². The fraction of sp³-hybridized carbons (Fsp3) is 0.294. The van der Waals surface area contributed by atoms with Gasteiger partial charge in [-0.3, -0.25) is 0 Å². The molecule has 18 heavy (non-hydrogen) atoms. The first-order valence-corrected chi connectivity index (χ1v) is 6.69. The Morgan fingerprint density at radius 2 is 1.72 bits per heavy atom. The average molecular weight is 237 g/mol. The molecule has 2 aromatic rings. The highest BCUT2D eigenvalue weighted by Crippen LogP contribution is 2.31. The van der Waals surface area contributed by atoms with Gasteiger partial charge in [-0.05, 0) is 54.5 Å². The number of aryl methyl sites for hydroxylation is 2. The zero-order valence-electron chi connectivity index (χ0n) is 10.8. The van der Waals surface area contributed by atoms with Gasteiger partial charge < -0.3 is 5.73 Å². The molecule has 0 aliphatic heterocycles. The fourth-order valence-corrected chi connectivity index (χ4v) is 2.76. The quantitative estimate of drug-likeness (QED) is 0.797. The predicted octanol–water partition coefficient (Wildman–Crippen LogP) is 4.00. The van der Waals surface area contributed by atoms with Crippen LogP contribution in [0.1, 0.15) is 35.6 Å². The lowest BCUT2D eigenvalue weighted by Gasteiger charge is -2.23. The van der Waals surface area contributed by atoms with E-state index in [0.29, 0.717) is 0 Å². The van der Waals surface area contributed by atoms with Crippen LogP contribution < -0.4 is 5.73 Å². The Kier molecular flexibility index (Phi) is 2.92. The van der Waals surface area contributed by atoms with Crippen molar-refractivity contribution in [1.29, 1.82) is 0 Å². The molecule has 0 fully saturated rings. The summed E-state index contributed by atoms with van der Waals surface area (Å²) in [5, 5.41) is 0. The Morgan fingerprint density at radius 1 is 1.00 bits per heavy atom. The molecular weight excluding hydrogens is 218 g/mol. The minimum atomic E-state index is 0.221. The van der Waals surface area contributed by atoms with Crippen LogP contribution in [-0.2, 0) is 6.42 Å². The highest BCUT2D eigenvalue weighted by atomic mass is 14.6. The molecule has 1 aliphatic rings. The summed E-state index contributed by atoms with van der Waals surface area (Å²) in [4.78, 5) is 0. The zero-order valence-corrected chi connectivity index (χ0v) is 10.8. The molecule has 0 spiro atoms. The summed E-state index contributed by atoms with van der Waals surface area (Å²) in [5.41, 5.74) is 12.9. The Hall–Kier alpha value is -1.60. The van der Waals surface area contributed by atoms with Gasteiger partial charge in [-0.25, -0.2) is 0 Å². The smallest absolute Gasteiger partial charge is 0.0297 e. The van der Waals surface area contributed by atoms with Gasteiger partial charge in [0.2, 0.25) is 0 Å². The number of benzene rings is 2. The van der Waals surface area contributed by atoms with Crippen molar-refractivity contribution in [3.8, 4) is 11.1 Å². The minimum absolute atomic E-state index is 0.221. The summed E-state index contributed by atoms with van der Waals surface area (Å²) in [5.74, 6) is 0. The van der Waals surface area contributed by atoms with E-state index in [-0.39, 0.29) is 6.04 Å². The van der Waals surface area contributed by atoms with E-state index in [0.717, 1.165) is 6.42 Å². The molecule has 2 N–H and O–H groups in total. The summed E-state index contributed by atoms with van der Waals surface area (Å²) >= 11 is 0. The Labute approximate surface area is 109 Å². The monoisotopic (exact) mass is 237 g/mol. The topological polar surface area (TPSA) is 26.0 Å². The van der Waals surface area contributed by atoms with E-state index < -0.39 is 0 Å². The van der Waals surface area contributed by atoms with Crippen LogP contribution in [0.3, 0.4) is 0 Å². The lowest BCUT2D eigenvalue weighted by Crippen LogP contribution is -2.17. The number of nitrogens with two attached hydrogens (primary N) is 1. The third kappa shape index (κ3) is 2.06. The van der Waals surface area contributed by atoms with Crippen LogP contribution >= 0.6 is 0 Å². The number of hydrogen-bond acceptors (Lipinski definition) is 1. The van der Waals surface area contributed by atoms with Gasteiger partial charge in [0.05, 0.1) is 0 Å². The van der Waals surface area contributed by atoms with E-state index in [9.17, 15) is 0 Å². The van der Waals surface area contributed by atoms with Crippen molar-refractivity contribution in [2.45, 2.75) is 32.2 Å². The molecule has 1 heteroatoms. The molecule has 1 atom stereocenters. The van der Waals surface area contributed by atoms with Crippen molar-refractivity contribution in [3.63, 3.8) is 0 Å². The maximum atomic E-state index is 6.22. The lowest BCUT2D eigenvalue weighted by molar-refractivity contribution is 0.571. The Bertz CT molecular complexity index is 554. The molecule has 92 valence electrons. The van der Waals surface area contributed by atoms with E-state index in [1.54, 1.807) is 0 Å². The number of hydrogen-bond donors (Lipinski definition) is 1. The Morgan fingerprint density at radius 3 is 2.50 bits per heavy atom. The molecule has 0 aromatic heterocycles. The van der Waals surface area contributed by atoms with E-state index in [1.165, 1.54) is 40.7 Å². The summed E-state index contributed by atoms with van der Waals surface area (Å²) in [6, 6.07) is 15.7. The van der Waals surface area contributed by atoms with E-state index in [1.807, 2.05) is 0 Å². The van der Waals surface area contributed by atoms with Gasteiger partial charge in [-0.2, -0.15) is 0 Å². The zero-order chi connectivity index (χ0) is 12.5. The first-order valence-electron chi connectivity index (χ1n) is 6.69. The van der Waals surface area contributed by atoms with Crippen LogP contribution in [0.15, 0.2) is 42.5 Å². The first-order chi connectivity index (χ1) is 8.74. The molecule has 1 nitrogen and oxygen atoms in total. The van der Waals surface area contributed by atoms with Crippen molar-refractivity contribution in [2.75, 3.05) is 0 Å². The summed E-state index contributed by atoms with van der Waals surface area (Å²) in [7, 11) is 0. The van der Waals surface area contributed by atoms with Crippen LogP contribution in [-0.4, -0.2) is 0 Å². The van der Waals surface area contributed by atoms with Crippen molar-refractivity contribution < 1.29 is 0 Å². The second-order valence-corrected chi connectivity index (χ2v) is 5.28. The van der Waals surface area contributed by atoms with Crippen LogP contribution in [0.5, 0.6) is 0 Å². The normalized spacial score (nSPS) is 18.4. The molecular formula is C17H19N. The molecule has 0 amide bonds. The number of rotatable bonds is 1. The SMILES string of the molecule is Cc1ccc(-c2ccc3c(c2)C(N)CCC3)cc1. The Balaban J connectivity index is 2.03. The molecule has 3 rings (SSSR count). The molecule has 1 aliphatic carbocycles. The van der Waals surface area contributed by atoms with Crippen LogP contribution in [0.4, 0.5) is 0 Å². The molecule has 0 saturated carbocycles. The third-order valence-corrected chi connectivity index (χ3v) is 3.89. The predicted molar refractivity (Wildman–Crippen MR) is 76.5 cm³/mol. The highest BCUT2D eigenvalue weighted by Gasteiger charge is 2.16. The van der Waals surface area contributed by atoms with E-state index in [4.69, 9.17) is 5.73 Å². The largest absolute Gasteiger partial charge is 0.324 e. The molecule has 0 radical (unpaired) electrons. The lowest BCUT2D eigenvalue weighted by atomic mass is 9.86. The van der Waals surface area contributed by atoms with Crippen molar-refractivity contribution in [1.82, 2.24) is 0 Å². The van der Waals surface area contributed by atoms with Crippen molar-refractivity contribution in [2.24, 2.45) is 5.73 Å². The van der Waals surface area contributed by atoms with Gasteiger partial charge >= 0.3 is 0 Å². The fourth-order valence-electron chi connectivity index (χ4n) is 2.76. The second kappa shape index (κ2) is 4.58. The van der Waals surface area contributed by atoms with Crippen molar-refractivity contribution in [3.05, 3.63) is 59.2 Å². The highest BCUT2D eigenvalue weighted by molar-refractivity contribution is 5.65. The van der Waals surface area contributed by atoms with Gasteiger partial charge in [-0.1, -0.05) is 42.0 Å². The molecule has 2 aromatic carbocycles. The maximum Gasteiger partial charge on any atom is 0.0297 e. The molecule has 0 saturated heterocycles. The van der Waals surface area contributed by atoms with E-state index in [2.05, 4.69) is 49.4 Å². The van der Waals surface area contributed by atoms with Gasteiger partial charge in [0, 0.05) is 6.04 Å². The molecule has 0 heterocycles. The van der Waals surface area contributed by atoms with E-state index >= 15 is 0 Å². The minimum Gasteiger partial charge on any atom is -0.324 e. The summed E-state index contributed by atoms with van der Waals surface area (Å²) < 4.78 is 0. The van der Waals surface area contributed by atoms with Gasteiger partial charge in [0.1, 0.15) is 0 Å². The van der Waals surface area contributed by atoms with Crippen molar-refractivity contribution >= 4 is 0 Å².